The van der Waals surface area contributed by atoms with Crippen LogP contribution in [0.5, 0.6) is 0 Å². The van der Waals surface area contributed by atoms with Crippen LogP contribution in [0, 0.1) is 20.7 Å². The molecule has 0 radical (unpaired) electrons. The summed E-state index contributed by atoms with van der Waals surface area (Å²) in [6.45, 7) is 0.606. The van der Waals surface area contributed by atoms with Crippen molar-refractivity contribution in [2.75, 3.05) is 0 Å². The van der Waals surface area contributed by atoms with E-state index in [1.54, 1.807) is 13.8 Å². The molecular formula is C15H18N+. The van der Waals surface area contributed by atoms with Crippen molar-refractivity contribution in [3.8, 4) is 11.3 Å². The standard InChI is InChI=1S/C15H18N/c1-11-5-7-13(3)14(9-11)15-8-6-12(2)10-16(15)4/h5-10H,1-4H3/q+1/i2D3,5D,6D,7D,9D,10D. The van der Waals surface area contributed by atoms with E-state index in [1.165, 1.54) is 17.7 Å². The van der Waals surface area contributed by atoms with E-state index in [2.05, 4.69) is 0 Å². The number of hydrogen-bond acceptors (Lipinski definition) is 0. The third-order valence-corrected chi connectivity index (χ3v) is 2.38. The predicted molar refractivity (Wildman–Crippen MR) is 67.3 cm³/mol. The Morgan fingerprint density at radius 1 is 1.19 bits per heavy atom. The van der Waals surface area contributed by atoms with Gasteiger partial charge in [0.2, 0.25) is 5.69 Å². The lowest BCUT2D eigenvalue weighted by Gasteiger charge is -2.05. The van der Waals surface area contributed by atoms with E-state index in [0.717, 1.165) is 0 Å². The Bertz CT molecular complexity index is 810. The average Bonchev–Trinajstić information content (AvgIpc) is 2.47. The molecule has 0 N–H and O–H groups in total. The normalized spacial score (nSPS) is 18.4. The van der Waals surface area contributed by atoms with Gasteiger partial charge in [0.05, 0.1) is 5.48 Å². The van der Waals surface area contributed by atoms with Crippen LogP contribution in [0.25, 0.3) is 11.3 Å². The molecule has 1 aromatic heterocycles. The summed E-state index contributed by atoms with van der Waals surface area (Å²) in [6, 6.07) is 1.01. The fourth-order valence-electron chi connectivity index (χ4n) is 1.56. The molecule has 0 spiro atoms. The monoisotopic (exact) mass is 220 g/mol. The van der Waals surface area contributed by atoms with E-state index in [0.29, 0.717) is 22.4 Å². The summed E-state index contributed by atoms with van der Waals surface area (Å²) in [7, 11) is 1.50. The molecule has 0 aliphatic carbocycles. The van der Waals surface area contributed by atoms with Crippen molar-refractivity contribution in [3.05, 3.63) is 53.1 Å². The summed E-state index contributed by atoms with van der Waals surface area (Å²) in [5.41, 5.74) is 1.04. The topological polar surface area (TPSA) is 3.88 Å². The molecule has 82 valence electrons. The molecule has 0 unspecified atom stereocenters. The van der Waals surface area contributed by atoms with Gasteiger partial charge in [-0.15, -0.1) is 0 Å². The maximum atomic E-state index is 8.28. The molecule has 1 aromatic carbocycles. The molecule has 0 aliphatic rings. The third kappa shape index (κ3) is 1.99. The molecule has 0 bridgehead atoms. The van der Waals surface area contributed by atoms with Crippen molar-refractivity contribution in [1.29, 1.82) is 0 Å². The van der Waals surface area contributed by atoms with Crippen LogP contribution >= 0.6 is 0 Å². The van der Waals surface area contributed by atoms with Gasteiger partial charge in [-0.25, -0.2) is 4.57 Å². The van der Waals surface area contributed by atoms with E-state index >= 15 is 0 Å². The van der Waals surface area contributed by atoms with Crippen molar-refractivity contribution in [3.63, 3.8) is 0 Å². The molecule has 1 heterocycles. The molecule has 0 fully saturated rings. The maximum absolute atomic E-state index is 8.28. The van der Waals surface area contributed by atoms with E-state index in [-0.39, 0.29) is 35.9 Å². The minimum Gasteiger partial charge on any atom is -0.201 e. The summed E-state index contributed by atoms with van der Waals surface area (Å²) in [6.07, 6.45) is -0.324. The van der Waals surface area contributed by atoms with Gasteiger partial charge in [0.1, 0.15) is 8.42 Å². The van der Waals surface area contributed by atoms with Crippen molar-refractivity contribution in [1.82, 2.24) is 0 Å². The number of nitrogens with zero attached hydrogens (tertiary/aromatic N) is 1. The zero-order chi connectivity index (χ0) is 18.6. The molecule has 0 aliphatic heterocycles. The second kappa shape index (κ2) is 4.09. The van der Waals surface area contributed by atoms with Crippen molar-refractivity contribution in [2.24, 2.45) is 7.05 Å². The lowest BCUT2D eigenvalue weighted by molar-refractivity contribution is -0.660. The molecule has 16 heavy (non-hydrogen) atoms. The van der Waals surface area contributed by atoms with Crippen LogP contribution < -0.4 is 4.57 Å². The van der Waals surface area contributed by atoms with Crippen LogP contribution in [-0.4, -0.2) is 0 Å². The molecule has 0 saturated carbocycles. The minimum atomic E-state index is -2.58. The Hall–Kier alpha value is -1.63. The van der Waals surface area contributed by atoms with E-state index in [9.17, 15) is 0 Å². The minimum absolute atomic E-state index is 0.0172. The SMILES string of the molecule is [2H]c1cc(-c2c([2H])c(C)c([2H])c([2H])c2C)[n+](C)c([2H])c1C([2H])([2H])[2H]. The van der Waals surface area contributed by atoms with Gasteiger partial charge in [-0.05, 0) is 38.3 Å². The van der Waals surface area contributed by atoms with Crippen molar-refractivity contribution >= 4 is 0 Å². The lowest BCUT2D eigenvalue weighted by Crippen LogP contribution is -2.31. The summed E-state index contributed by atoms with van der Waals surface area (Å²) in [5.74, 6) is 0. The van der Waals surface area contributed by atoms with Crippen LogP contribution in [0.2, 0.25) is 0 Å². The molecule has 0 atom stereocenters. The highest BCUT2D eigenvalue weighted by Gasteiger charge is 2.11. The zero-order valence-corrected chi connectivity index (χ0v) is 9.52. The molecular weight excluding hydrogens is 194 g/mol. The second-order valence-corrected chi connectivity index (χ2v) is 3.72. The molecule has 1 heteroatoms. The van der Waals surface area contributed by atoms with Gasteiger partial charge < -0.3 is 0 Å². The summed E-state index contributed by atoms with van der Waals surface area (Å²) in [4.78, 5) is 0. The smallest absolute Gasteiger partial charge is 0.201 e. The van der Waals surface area contributed by atoms with Gasteiger partial charge >= 0.3 is 0 Å². The number of rotatable bonds is 1. The van der Waals surface area contributed by atoms with Gasteiger partial charge in [0, 0.05) is 21.3 Å². The molecule has 1 nitrogen and oxygen atoms in total. The fraction of sp³-hybridized carbons (Fsp3) is 0.267. The van der Waals surface area contributed by atoms with Crippen LogP contribution in [0.1, 0.15) is 27.7 Å². The van der Waals surface area contributed by atoms with Crippen LogP contribution in [-0.2, 0) is 7.05 Å². The highest BCUT2D eigenvalue weighted by molar-refractivity contribution is 5.61. The highest BCUT2D eigenvalue weighted by Crippen LogP contribution is 2.21. The van der Waals surface area contributed by atoms with Gasteiger partial charge in [0.15, 0.2) is 6.17 Å². The second-order valence-electron chi connectivity index (χ2n) is 3.72. The fourth-order valence-corrected chi connectivity index (χ4v) is 1.56. The van der Waals surface area contributed by atoms with Crippen LogP contribution in [0.15, 0.2) is 36.4 Å². The maximum Gasteiger partial charge on any atom is 0.212 e. The first-order valence-corrected chi connectivity index (χ1v) is 4.97. The Labute approximate surface area is 109 Å². The molecule has 2 rings (SSSR count). The zero-order valence-electron chi connectivity index (χ0n) is 17.5. The molecule has 0 saturated heterocycles. The summed E-state index contributed by atoms with van der Waals surface area (Å²) < 4.78 is 64.1. The summed E-state index contributed by atoms with van der Waals surface area (Å²) >= 11 is 0. The average molecular weight is 220 g/mol. The van der Waals surface area contributed by atoms with E-state index in [4.69, 9.17) is 11.0 Å². The first kappa shape index (κ1) is 4.70. The van der Waals surface area contributed by atoms with Gasteiger partial charge in [-0.2, -0.15) is 0 Å². The van der Waals surface area contributed by atoms with Gasteiger partial charge in [-0.3, -0.25) is 0 Å². The third-order valence-electron chi connectivity index (χ3n) is 2.38. The first-order valence-electron chi connectivity index (χ1n) is 8.97. The number of pyridine rings is 1. The molecule has 2 aromatic rings. The van der Waals surface area contributed by atoms with Crippen molar-refractivity contribution in [2.45, 2.75) is 20.7 Å². The van der Waals surface area contributed by atoms with E-state index in [1.807, 2.05) is 0 Å². The number of hydrogen-bond donors (Lipinski definition) is 0. The van der Waals surface area contributed by atoms with Gasteiger partial charge in [0.25, 0.3) is 0 Å². The predicted octanol–water partition coefficient (Wildman–Crippen LogP) is 3.10. The van der Waals surface area contributed by atoms with Gasteiger partial charge in [-0.1, -0.05) is 17.6 Å². The van der Waals surface area contributed by atoms with Crippen LogP contribution in [0.3, 0.4) is 0 Å². The lowest BCUT2D eigenvalue weighted by atomic mass is 10.0. The Morgan fingerprint density at radius 3 is 2.75 bits per heavy atom. The largest absolute Gasteiger partial charge is 0.212 e. The quantitative estimate of drug-likeness (QED) is 0.650. The molecule has 0 amide bonds. The number of aromatic nitrogens is 1. The Morgan fingerprint density at radius 2 is 2.00 bits per heavy atom. The Balaban J connectivity index is 2.91. The highest BCUT2D eigenvalue weighted by atomic mass is 14.9. The first-order chi connectivity index (χ1) is 10.9. The van der Waals surface area contributed by atoms with E-state index < -0.39 is 6.85 Å². The number of benzene rings is 1. The van der Waals surface area contributed by atoms with Crippen molar-refractivity contribution < 1.29 is 15.5 Å². The Kier molecular flexibility index (Phi) is 1.20. The summed E-state index contributed by atoms with van der Waals surface area (Å²) in [5, 5.41) is 0. The van der Waals surface area contributed by atoms with Crippen LogP contribution in [0.4, 0.5) is 0 Å².